The van der Waals surface area contributed by atoms with Crippen molar-refractivity contribution >= 4 is 21.4 Å². The van der Waals surface area contributed by atoms with Crippen molar-refractivity contribution in [3.05, 3.63) is 47.5 Å². The number of anilines is 1. The molecule has 0 unspecified atom stereocenters. The first-order valence-corrected chi connectivity index (χ1v) is 10.7. The van der Waals surface area contributed by atoms with Crippen molar-refractivity contribution in [2.24, 2.45) is 0 Å². The van der Waals surface area contributed by atoms with Gasteiger partial charge in [-0.15, -0.1) is 0 Å². The van der Waals surface area contributed by atoms with Crippen LogP contribution in [0.25, 0.3) is 0 Å². The molecule has 2 aromatic rings. The first-order chi connectivity index (χ1) is 13.0. The fourth-order valence-electron chi connectivity index (χ4n) is 3.47. The minimum atomic E-state index is -3.50. The number of aryl methyl sites for hydroxylation is 2. The van der Waals surface area contributed by atoms with Crippen molar-refractivity contribution < 1.29 is 22.7 Å². The van der Waals surface area contributed by atoms with Gasteiger partial charge >= 0.3 is 0 Å². The molecular formula is C20H21NO5S. The highest BCUT2D eigenvalue weighted by atomic mass is 32.2. The van der Waals surface area contributed by atoms with E-state index in [1.54, 1.807) is 30.3 Å². The van der Waals surface area contributed by atoms with E-state index in [1.165, 1.54) is 5.56 Å². The molecule has 0 fully saturated rings. The molecule has 1 N–H and O–H groups in total. The highest BCUT2D eigenvalue weighted by Gasteiger charge is 2.21. The van der Waals surface area contributed by atoms with Crippen LogP contribution in [0.2, 0.25) is 0 Å². The Kier molecular flexibility index (Phi) is 4.78. The lowest BCUT2D eigenvalue weighted by Gasteiger charge is -2.21. The molecule has 0 saturated heterocycles. The maximum absolute atomic E-state index is 12.6. The Balaban J connectivity index is 1.42. The third-order valence-corrected chi connectivity index (χ3v) is 6.58. The van der Waals surface area contributed by atoms with Gasteiger partial charge in [0.2, 0.25) is 5.91 Å². The number of fused-ring (bicyclic) bond motifs is 2. The van der Waals surface area contributed by atoms with E-state index < -0.39 is 9.84 Å². The van der Waals surface area contributed by atoms with Crippen LogP contribution in [0.4, 0.5) is 5.69 Å². The number of ether oxygens (including phenoxy) is 2. The average Bonchev–Trinajstić information content (AvgIpc) is 3.15. The van der Waals surface area contributed by atoms with E-state index in [0.717, 1.165) is 24.8 Å². The molecule has 2 aliphatic rings. The summed E-state index contributed by atoms with van der Waals surface area (Å²) in [5, 5.41) is 2.73. The molecule has 7 heteroatoms. The number of para-hydroxylation sites is 1. The van der Waals surface area contributed by atoms with Crippen LogP contribution in [0.15, 0.2) is 41.3 Å². The maximum atomic E-state index is 12.6. The van der Waals surface area contributed by atoms with Gasteiger partial charge in [0.15, 0.2) is 21.3 Å². The van der Waals surface area contributed by atoms with Crippen molar-refractivity contribution in [3.8, 4) is 11.5 Å². The summed E-state index contributed by atoms with van der Waals surface area (Å²) in [5.74, 6) is 0.454. The molecule has 1 aliphatic heterocycles. The number of hydrogen-bond acceptors (Lipinski definition) is 5. The summed E-state index contributed by atoms with van der Waals surface area (Å²) in [6, 6.07) is 10.5. The van der Waals surface area contributed by atoms with Crippen LogP contribution >= 0.6 is 0 Å². The second-order valence-corrected chi connectivity index (χ2v) is 8.84. The number of nitrogens with one attached hydrogen (secondary N) is 1. The summed E-state index contributed by atoms with van der Waals surface area (Å²) < 4.78 is 36.2. The van der Waals surface area contributed by atoms with E-state index in [0.29, 0.717) is 35.3 Å². The third-order valence-electron chi connectivity index (χ3n) is 4.87. The fourth-order valence-corrected chi connectivity index (χ4v) is 4.76. The van der Waals surface area contributed by atoms with Crippen LogP contribution in [0.3, 0.4) is 0 Å². The van der Waals surface area contributed by atoms with Crippen LogP contribution in [0.5, 0.6) is 11.5 Å². The molecule has 6 nitrogen and oxygen atoms in total. The Bertz CT molecular complexity index is 984. The Labute approximate surface area is 158 Å². The Hall–Kier alpha value is -2.54. The molecule has 0 atom stereocenters. The van der Waals surface area contributed by atoms with Gasteiger partial charge in [-0.1, -0.05) is 12.1 Å². The highest BCUT2D eigenvalue weighted by Crippen LogP contribution is 2.37. The molecule has 1 aliphatic carbocycles. The Morgan fingerprint density at radius 3 is 2.74 bits per heavy atom. The number of benzene rings is 2. The number of amides is 1. The minimum Gasteiger partial charge on any atom is -0.486 e. The Morgan fingerprint density at radius 1 is 1.04 bits per heavy atom. The van der Waals surface area contributed by atoms with Crippen molar-refractivity contribution in [2.45, 2.75) is 30.6 Å². The van der Waals surface area contributed by atoms with Crippen LogP contribution in [0, 0.1) is 0 Å². The zero-order valence-electron chi connectivity index (χ0n) is 14.9. The lowest BCUT2D eigenvalue weighted by atomic mass is 10.1. The van der Waals surface area contributed by atoms with Gasteiger partial charge in [0.25, 0.3) is 0 Å². The largest absolute Gasteiger partial charge is 0.486 e. The number of sulfone groups is 1. The van der Waals surface area contributed by atoms with Gasteiger partial charge in [0.05, 0.1) is 16.3 Å². The number of carbonyl (C=O) groups is 1. The molecule has 27 heavy (non-hydrogen) atoms. The second-order valence-electron chi connectivity index (χ2n) is 6.73. The molecule has 1 heterocycles. The van der Waals surface area contributed by atoms with Crippen LogP contribution in [0.1, 0.15) is 24.0 Å². The van der Waals surface area contributed by atoms with E-state index in [4.69, 9.17) is 9.47 Å². The zero-order chi connectivity index (χ0) is 18.9. The van der Waals surface area contributed by atoms with Crippen LogP contribution < -0.4 is 14.8 Å². The molecule has 0 bridgehead atoms. The molecule has 0 saturated carbocycles. The summed E-state index contributed by atoms with van der Waals surface area (Å²) in [5.41, 5.74) is 2.82. The van der Waals surface area contributed by atoms with Crippen molar-refractivity contribution in [1.29, 1.82) is 0 Å². The molecular weight excluding hydrogens is 366 g/mol. The summed E-state index contributed by atoms with van der Waals surface area (Å²) in [7, 11) is -3.50. The lowest BCUT2D eigenvalue weighted by Crippen LogP contribution is -2.20. The summed E-state index contributed by atoms with van der Waals surface area (Å²) in [6.07, 6.45) is 2.87. The van der Waals surface area contributed by atoms with E-state index in [-0.39, 0.29) is 18.1 Å². The van der Waals surface area contributed by atoms with Gasteiger partial charge < -0.3 is 14.8 Å². The van der Waals surface area contributed by atoms with E-state index in [1.807, 2.05) is 6.07 Å². The monoisotopic (exact) mass is 387 g/mol. The highest BCUT2D eigenvalue weighted by molar-refractivity contribution is 7.91. The van der Waals surface area contributed by atoms with Crippen molar-refractivity contribution in [3.63, 3.8) is 0 Å². The normalized spacial score (nSPS) is 15.3. The van der Waals surface area contributed by atoms with Gasteiger partial charge in [-0.3, -0.25) is 4.79 Å². The van der Waals surface area contributed by atoms with Gasteiger partial charge in [-0.05, 0) is 54.7 Å². The van der Waals surface area contributed by atoms with Gasteiger partial charge in [0, 0.05) is 6.42 Å². The second kappa shape index (κ2) is 7.23. The SMILES string of the molecule is O=C(CCS(=O)(=O)c1ccc2c(c1)CCC2)Nc1cccc2c1OCCO2. The third kappa shape index (κ3) is 3.78. The average molecular weight is 387 g/mol. The van der Waals surface area contributed by atoms with Gasteiger partial charge in [-0.25, -0.2) is 8.42 Å². The number of rotatable bonds is 5. The van der Waals surface area contributed by atoms with Crippen LogP contribution in [-0.4, -0.2) is 33.3 Å². The topological polar surface area (TPSA) is 81.7 Å². The fraction of sp³-hybridized carbons (Fsp3) is 0.350. The predicted octanol–water partition coefficient (Wildman–Crippen LogP) is 2.75. The van der Waals surface area contributed by atoms with E-state index >= 15 is 0 Å². The Morgan fingerprint density at radius 2 is 1.85 bits per heavy atom. The molecule has 0 spiro atoms. The van der Waals surface area contributed by atoms with Gasteiger partial charge in [0.1, 0.15) is 13.2 Å². The van der Waals surface area contributed by atoms with Crippen LogP contribution in [-0.2, 0) is 27.5 Å². The number of hydrogen-bond donors (Lipinski definition) is 1. The predicted molar refractivity (Wildman–Crippen MR) is 101 cm³/mol. The zero-order valence-corrected chi connectivity index (χ0v) is 15.7. The number of carbonyl (C=O) groups excluding carboxylic acids is 1. The molecule has 1 amide bonds. The maximum Gasteiger partial charge on any atom is 0.225 e. The minimum absolute atomic E-state index is 0.121. The standard InChI is InChI=1S/C20H21NO5S/c22-19(21-17-5-2-6-18-20(17)26-11-10-25-18)9-12-27(23,24)16-8-7-14-3-1-4-15(14)13-16/h2,5-8,13H,1,3-4,9-12H2,(H,21,22). The summed E-state index contributed by atoms with van der Waals surface area (Å²) in [4.78, 5) is 12.6. The van der Waals surface area contributed by atoms with Crippen molar-refractivity contribution in [2.75, 3.05) is 24.3 Å². The first-order valence-electron chi connectivity index (χ1n) is 9.06. The molecule has 0 radical (unpaired) electrons. The lowest BCUT2D eigenvalue weighted by molar-refractivity contribution is -0.115. The van der Waals surface area contributed by atoms with Crippen molar-refractivity contribution in [1.82, 2.24) is 0 Å². The first kappa shape index (κ1) is 17.9. The molecule has 142 valence electrons. The quantitative estimate of drug-likeness (QED) is 0.853. The smallest absolute Gasteiger partial charge is 0.225 e. The molecule has 2 aromatic carbocycles. The summed E-state index contributed by atoms with van der Waals surface area (Å²) >= 11 is 0. The summed E-state index contributed by atoms with van der Waals surface area (Å²) in [6.45, 7) is 0.871. The van der Waals surface area contributed by atoms with Gasteiger partial charge in [-0.2, -0.15) is 0 Å². The molecule has 0 aromatic heterocycles. The molecule has 4 rings (SSSR count). The van der Waals surface area contributed by atoms with E-state index in [9.17, 15) is 13.2 Å². The van der Waals surface area contributed by atoms with E-state index in [2.05, 4.69) is 5.32 Å².